The Kier molecular flexibility index (Phi) is 5.76. The predicted octanol–water partition coefficient (Wildman–Crippen LogP) is 3.00. The van der Waals surface area contributed by atoms with Gasteiger partial charge in [-0.1, -0.05) is 25.4 Å². The van der Waals surface area contributed by atoms with Crippen LogP contribution in [0.25, 0.3) is 0 Å². The van der Waals surface area contributed by atoms with E-state index in [1.807, 2.05) is 0 Å². The van der Waals surface area contributed by atoms with E-state index < -0.39 is 0 Å². The van der Waals surface area contributed by atoms with Crippen molar-refractivity contribution in [2.45, 2.75) is 39.5 Å². The molecule has 2 N–H and O–H groups in total. The minimum absolute atomic E-state index is 0.131. The summed E-state index contributed by atoms with van der Waals surface area (Å²) in [4.78, 5) is 15.8. The van der Waals surface area contributed by atoms with Gasteiger partial charge in [0.1, 0.15) is 5.78 Å². The summed E-state index contributed by atoms with van der Waals surface area (Å²) >= 11 is 5.98. The third-order valence-corrected chi connectivity index (χ3v) is 3.49. The first-order valence-corrected chi connectivity index (χ1v) is 6.62. The minimum atomic E-state index is 0.131. The fourth-order valence-corrected chi connectivity index (χ4v) is 2.03. The number of hydrogen-bond donors (Lipinski definition) is 1. The van der Waals surface area contributed by atoms with Crippen molar-refractivity contribution in [3.63, 3.8) is 0 Å². The zero-order valence-corrected chi connectivity index (χ0v) is 11.8. The third kappa shape index (κ3) is 5.15. The number of hydrogen-bond acceptors (Lipinski definition) is 3. The average molecular weight is 269 g/mol. The largest absolute Gasteiger partial charge is 0.330 e. The molecule has 1 heterocycles. The van der Waals surface area contributed by atoms with Crippen LogP contribution in [0.4, 0.5) is 0 Å². The summed E-state index contributed by atoms with van der Waals surface area (Å²) in [5.74, 6) is 0.216. The molecule has 0 fully saturated rings. The van der Waals surface area contributed by atoms with Gasteiger partial charge in [0.15, 0.2) is 0 Å². The summed E-state index contributed by atoms with van der Waals surface area (Å²) in [6, 6.07) is 1.80. The fraction of sp³-hybridized carbons (Fsp3) is 0.571. The molecule has 0 unspecified atom stereocenters. The summed E-state index contributed by atoms with van der Waals surface area (Å²) in [6.07, 6.45) is 6.00. The van der Waals surface area contributed by atoms with Gasteiger partial charge in [0.05, 0.1) is 5.02 Å². The van der Waals surface area contributed by atoms with E-state index in [2.05, 4.69) is 18.8 Å². The van der Waals surface area contributed by atoms with Crippen LogP contribution in [0.5, 0.6) is 0 Å². The van der Waals surface area contributed by atoms with Crippen LogP contribution in [-0.4, -0.2) is 17.3 Å². The number of nitrogens with zero attached hydrogens (tertiary/aromatic N) is 1. The minimum Gasteiger partial charge on any atom is -0.330 e. The molecule has 0 atom stereocenters. The molecule has 0 saturated heterocycles. The Labute approximate surface area is 114 Å². The van der Waals surface area contributed by atoms with Crippen LogP contribution in [0.1, 0.15) is 38.7 Å². The lowest BCUT2D eigenvalue weighted by Gasteiger charge is -2.23. The van der Waals surface area contributed by atoms with Crippen LogP contribution in [-0.2, 0) is 11.2 Å². The van der Waals surface area contributed by atoms with E-state index in [1.165, 1.54) is 0 Å². The second kappa shape index (κ2) is 6.86. The molecule has 0 radical (unpaired) electrons. The summed E-state index contributed by atoms with van der Waals surface area (Å²) in [7, 11) is 0. The quantitative estimate of drug-likeness (QED) is 0.827. The van der Waals surface area contributed by atoms with Gasteiger partial charge in [-0.25, -0.2) is 0 Å². The molecule has 0 aliphatic carbocycles. The van der Waals surface area contributed by atoms with E-state index >= 15 is 0 Å². The zero-order valence-electron chi connectivity index (χ0n) is 11.1. The van der Waals surface area contributed by atoms with Crippen molar-refractivity contribution in [2.24, 2.45) is 11.1 Å². The molecule has 0 spiro atoms. The number of halogens is 1. The van der Waals surface area contributed by atoms with Crippen LogP contribution < -0.4 is 5.73 Å². The molecule has 0 saturated carbocycles. The summed E-state index contributed by atoms with van der Waals surface area (Å²) < 4.78 is 0. The summed E-state index contributed by atoms with van der Waals surface area (Å²) in [6.45, 7) is 4.95. The van der Waals surface area contributed by atoms with E-state index in [0.29, 0.717) is 24.4 Å². The highest BCUT2D eigenvalue weighted by Crippen LogP contribution is 2.26. The Morgan fingerprint density at radius 3 is 2.78 bits per heavy atom. The van der Waals surface area contributed by atoms with Crippen LogP contribution in [0.15, 0.2) is 18.5 Å². The average Bonchev–Trinajstić information content (AvgIpc) is 2.30. The molecule has 0 aliphatic rings. The molecule has 1 aromatic heterocycles. The van der Waals surface area contributed by atoms with Crippen molar-refractivity contribution >= 4 is 17.4 Å². The molecule has 0 amide bonds. The Bertz CT molecular complexity index is 405. The van der Waals surface area contributed by atoms with Crippen molar-refractivity contribution in [3.05, 3.63) is 29.0 Å². The van der Waals surface area contributed by atoms with Crippen molar-refractivity contribution < 1.29 is 4.79 Å². The highest BCUT2D eigenvalue weighted by molar-refractivity contribution is 6.31. The van der Waals surface area contributed by atoms with Gasteiger partial charge in [-0.15, -0.1) is 0 Å². The number of carbonyl (C=O) groups excluding carboxylic acids is 1. The number of pyridine rings is 1. The SMILES string of the molecule is CC(C)(CCN)CCC(=O)Cc1ccncc1Cl. The molecule has 3 nitrogen and oxygen atoms in total. The molecule has 18 heavy (non-hydrogen) atoms. The molecule has 0 aromatic carbocycles. The van der Waals surface area contributed by atoms with Gasteiger partial charge in [0, 0.05) is 25.2 Å². The van der Waals surface area contributed by atoms with Crippen molar-refractivity contribution in [3.8, 4) is 0 Å². The zero-order chi connectivity index (χ0) is 13.6. The molecule has 1 rings (SSSR count). The molecule has 100 valence electrons. The fourth-order valence-electron chi connectivity index (χ4n) is 1.84. The van der Waals surface area contributed by atoms with Crippen LogP contribution >= 0.6 is 11.6 Å². The number of nitrogens with two attached hydrogens (primary N) is 1. The second-order valence-corrected chi connectivity index (χ2v) is 5.79. The topological polar surface area (TPSA) is 56.0 Å². The maximum Gasteiger partial charge on any atom is 0.137 e. The van der Waals surface area contributed by atoms with Crippen molar-refractivity contribution in [1.82, 2.24) is 4.98 Å². The van der Waals surface area contributed by atoms with Gasteiger partial charge in [-0.05, 0) is 36.4 Å². The second-order valence-electron chi connectivity index (χ2n) is 5.39. The maximum absolute atomic E-state index is 11.9. The number of aromatic nitrogens is 1. The third-order valence-electron chi connectivity index (χ3n) is 3.15. The predicted molar refractivity (Wildman–Crippen MR) is 74.6 cm³/mol. The van der Waals surface area contributed by atoms with Gasteiger partial charge in [0.25, 0.3) is 0 Å². The van der Waals surface area contributed by atoms with Gasteiger partial charge in [-0.2, -0.15) is 0 Å². The first-order chi connectivity index (χ1) is 8.44. The van der Waals surface area contributed by atoms with Crippen molar-refractivity contribution in [1.29, 1.82) is 0 Å². The van der Waals surface area contributed by atoms with E-state index in [9.17, 15) is 4.79 Å². The normalized spacial score (nSPS) is 11.6. The Morgan fingerprint density at radius 1 is 1.44 bits per heavy atom. The number of carbonyl (C=O) groups is 1. The van der Waals surface area contributed by atoms with E-state index in [4.69, 9.17) is 17.3 Å². The van der Waals surface area contributed by atoms with Crippen molar-refractivity contribution in [2.75, 3.05) is 6.54 Å². The van der Waals surface area contributed by atoms with E-state index in [0.717, 1.165) is 18.4 Å². The van der Waals surface area contributed by atoms with E-state index in [-0.39, 0.29) is 11.2 Å². The summed E-state index contributed by atoms with van der Waals surface area (Å²) in [5, 5.41) is 0.562. The monoisotopic (exact) mass is 268 g/mol. The van der Waals surface area contributed by atoms with Crippen LogP contribution in [0, 0.1) is 5.41 Å². The highest BCUT2D eigenvalue weighted by atomic mass is 35.5. The molecule has 0 aliphatic heterocycles. The Morgan fingerprint density at radius 2 is 2.17 bits per heavy atom. The lowest BCUT2D eigenvalue weighted by Crippen LogP contribution is -2.18. The van der Waals surface area contributed by atoms with Gasteiger partial charge < -0.3 is 5.73 Å². The van der Waals surface area contributed by atoms with E-state index in [1.54, 1.807) is 18.5 Å². The summed E-state index contributed by atoms with van der Waals surface area (Å²) in [5.41, 5.74) is 6.54. The number of rotatable bonds is 7. The van der Waals surface area contributed by atoms with Gasteiger partial charge in [0.2, 0.25) is 0 Å². The Balaban J connectivity index is 2.46. The van der Waals surface area contributed by atoms with Gasteiger partial charge in [-0.3, -0.25) is 9.78 Å². The number of ketones is 1. The first kappa shape index (κ1) is 15.1. The smallest absolute Gasteiger partial charge is 0.137 e. The maximum atomic E-state index is 11.9. The van der Waals surface area contributed by atoms with Crippen LogP contribution in [0.2, 0.25) is 5.02 Å². The van der Waals surface area contributed by atoms with Crippen LogP contribution in [0.3, 0.4) is 0 Å². The number of Topliss-reactive ketones (excluding diaryl/α,β-unsaturated/α-hetero) is 1. The lowest BCUT2D eigenvalue weighted by molar-refractivity contribution is -0.119. The molecular weight excluding hydrogens is 248 g/mol. The molecule has 0 bridgehead atoms. The van der Waals surface area contributed by atoms with Gasteiger partial charge >= 0.3 is 0 Å². The highest BCUT2D eigenvalue weighted by Gasteiger charge is 2.18. The Hall–Kier alpha value is -0.930. The molecule has 4 heteroatoms. The lowest BCUT2D eigenvalue weighted by atomic mass is 9.83. The standard InChI is InChI=1S/C14H21ClN2O/c1-14(2,6-7-16)5-3-12(18)9-11-4-8-17-10-13(11)15/h4,8,10H,3,5-7,9,16H2,1-2H3. The first-order valence-electron chi connectivity index (χ1n) is 6.25. The molecular formula is C14H21ClN2O. The molecule has 1 aromatic rings.